The quantitative estimate of drug-likeness (QED) is 0.831. The Morgan fingerprint density at radius 3 is 2.40 bits per heavy atom. The van der Waals surface area contributed by atoms with Crippen LogP contribution in [0.2, 0.25) is 0 Å². The maximum atomic E-state index is 11.0. The number of methoxy groups -OCH3 is 1. The van der Waals surface area contributed by atoms with Gasteiger partial charge in [0, 0.05) is 12.2 Å². The minimum absolute atomic E-state index is 0.458. The molecule has 0 saturated heterocycles. The van der Waals surface area contributed by atoms with E-state index in [1.165, 1.54) is 12.8 Å². The van der Waals surface area contributed by atoms with Gasteiger partial charge in [0.2, 0.25) is 0 Å². The van der Waals surface area contributed by atoms with Crippen molar-refractivity contribution >= 4 is 0 Å². The third-order valence-electron chi connectivity index (χ3n) is 4.31. The average molecular weight is 278 g/mol. The molecule has 1 fully saturated rings. The van der Waals surface area contributed by atoms with Crippen LogP contribution in [0.3, 0.4) is 0 Å². The first kappa shape index (κ1) is 15.3. The molecule has 20 heavy (non-hydrogen) atoms. The van der Waals surface area contributed by atoms with Crippen LogP contribution in [0, 0.1) is 0 Å². The summed E-state index contributed by atoms with van der Waals surface area (Å²) in [5, 5.41) is 11.0. The zero-order chi connectivity index (χ0) is 14.4. The van der Waals surface area contributed by atoms with Crippen molar-refractivity contribution in [1.29, 1.82) is 0 Å². The Balaban J connectivity index is 2.32. The molecule has 1 aliphatic carbocycles. The van der Waals surface area contributed by atoms with E-state index in [4.69, 9.17) is 9.47 Å². The van der Waals surface area contributed by atoms with Crippen molar-refractivity contribution in [3.8, 4) is 5.75 Å². The Morgan fingerprint density at radius 1 is 1.15 bits per heavy atom. The van der Waals surface area contributed by atoms with Crippen molar-refractivity contribution < 1.29 is 14.6 Å². The summed E-state index contributed by atoms with van der Waals surface area (Å²) in [6.07, 6.45) is 5.90. The van der Waals surface area contributed by atoms with Crippen LogP contribution in [0.25, 0.3) is 0 Å². The molecule has 0 spiro atoms. The van der Waals surface area contributed by atoms with E-state index in [0.717, 1.165) is 37.0 Å². The SMILES string of the molecule is CCOC1(C(O)c2ccccc2OC)CCCCCC1. The molecule has 1 aromatic rings. The fraction of sp³-hybridized carbons (Fsp3) is 0.647. The van der Waals surface area contributed by atoms with Gasteiger partial charge in [0.25, 0.3) is 0 Å². The molecule has 0 aliphatic heterocycles. The number of rotatable bonds is 5. The predicted octanol–water partition coefficient (Wildman–Crippen LogP) is 3.86. The standard InChI is InChI=1S/C17H26O3/c1-3-20-17(12-8-4-5-9-13-17)16(18)14-10-6-7-11-15(14)19-2/h6-7,10-11,16,18H,3-5,8-9,12-13H2,1-2H3. The molecule has 1 N–H and O–H groups in total. The maximum absolute atomic E-state index is 11.0. The molecule has 0 radical (unpaired) electrons. The summed E-state index contributed by atoms with van der Waals surface area (Å²) in [5.74, 6) is 0.739. The number of aliphatic hydroxyl groups excluding tert-OH is 1. The second kappa shape index (κ2) is 7.09. The van der Waals surface area contributed by atoms with Crippen LogP contribution in [0.1, 0.15) is 57.1 Å². The van der Waals surface area contributed by atoms with Gasteiger partial charge in [-0.2, -0.15) is 0 Å². The van der Waals surface area contributed by atoms with Gasteiger partial charge >= 0.3 is 0 Å². The zero-order valence-corrected chi connectivity index (χ0v) is 12.6. The van der Waals surface area contributed by atoms with Gasteiger partial charge in [-0.25, -0.2) is 0 Å². The van der Waals surface area contributed by atoms with Crippen LogP contribution in [0.4, 0.5) is 0 Å². The highest BCUT2D eigenvalue weighted by atomic mass is 16.5. The second-order valence-corrected chi connectivity index (χ2v) is 5.56. The summed E-state index contributed by atoms with van der Waals surface area (Å²) < 4.78 is 11.5. The van der Waals surface area contributed by atoms with E-state index in [0.29, 0.717) is 6.61 Å². The lowest BCUT2D eigenvalue weighted by atomic mass is 9.84. The molecule has 112 valence electrons. The fourth-order valence-electron chi connectivity index (χ4n) is 3.29. The van der Waals surface area contributed by atoms with Gasteiger partial charge in [0.15, 0.2) is 0 Å². The van der Waals surface area contributed by atoms with E-state index in [2.05, 4.69) is 0 Å². The molecule has 3 heteroatoms. The van der Waals surface area contributed by atoms with Gasteiger partial charge in [-0.1, -0.05) is 43.9 Å². The van der Waals surface area contributed by atoms with Gasteiger partial charge in [0.05, 0.1) is 12.7 Å². The number of benzene rings is 1. The monoisotopic (exact) mass is 278 g/mol. The van der Waals surface area contributed by atoms with Gasteiger partial charge in [-0.15, -0.1) is 0 Å². The minimum Gasteiger partial charge on any atom is -0.496 e. The lowest BCUT2D eigenvalue weighted by Crippen LogP contribution is -2.39. The first-order chi connectivity index (χ1) is 9.73. The molecule has 1 atom stereocenters. The molecule has 0 aromatic heterocycles. The van der Waals surface area contributed by atoms with Gasteiger partial charge in [0.1, 0.15) is 11.9 Å². The second-order valence-electron chi connectivity index (χ2n) is 5.56. The van der Waals surface area contributed by atoms with E-state index in [-0.39, 0.29) is 0 Å². The zero-order valence-electron chi connectivity index (χ0n) is 12.6. The lowest BCUT2D eigenvalue weighted by molar-refractivity contribution is -0.131. The van der Waals surface area contributed by atoms with E-state index < -0.39 is 11.7 Å². The first-order valence-electron chi connectivity index (χ1n) is 7.68. The highest BCUT2D eigenvalue weighted by Gasteiger charge is 2.40. The van der Waals surface area contributed by atoms with Crippen molar-refractivity contribution in [2.24, 2.45) is 0 Å². The molecule has 1 saturated carbocycles. The third kappa shape index (κ3) is 3.15. The van der Waals surface area contributed by atoms with Crippen LogP contribution < -0.4 is 4.74 Å². The number of aliphatic hydroxyl groups is 1. The van der Waals surface area contributed by atoms with Crippen LogP contribution in [0.5, 0.6) is 5.75 Å². The average Bonchev–Trinajstić information content (AvgIpc) is 2.73. The molecule has 2 rings (SSSR count). The van der Waals surface area contributed by atoms with Crippen LogP contribution in [-0.4, -0.2) is 24.4 Å². The summed E-state index contributed by atoms with van der Waals surface area (Å²) >= 11 is 0. The number of ether oxygens (including phenoxy) is 2. The molecule has 3 nitrogen and oxygen atoms in total. The molecular formula is C17H26O3. The topological polar surface area (TPSA) is 38.7 Å². The Labute approximate surface area is 121 Å². The van der Waals surface area contributed by atoms with Crippen molar-refractivity contribution in [2.45, 2.75) is 57.2 Å². The van der Waals surface area contributed by atoms with E-state index in [9.17, 15) is 5.11 Å². The summed E-state index contributed by atoms with van der Waals surface area (Å²) in [6, 6.07) is 7.71. The Morgan fingerprint density at radius 2 is 1.80 bits per heavy atom. The number of hydrogen-bond acceptors (Lipinski definition) is 3. The Kier molecular flexibility index (Phi) is 5.44. The van der Waals surface area contributed by atoms with E-state index in [1.807, 2.05) is 31.2 Å². The molecule has 0 bridgehead atoms. The number of para-hydroxylation sites is 1. The Bertz CT molecular complexity index is 408. The van der Waals surface area contributed by atoms with Crippen LogP contribution in [-0.2, 0) is 4.74 Å². The van der Waals surface area contributed by atoms with Gasteiger partial charge in [-0.05, 0) is 25.8 Å². The summed E-state index contributed by atoms with van der Waals surface area (Å²) in [4.78, 5) is 0. The van der Waals surface area contributed by atoms with Gasteiger partial charge < -0.3 is 14.6 Å². The van der Waals surface area contributed by atoms with Crippen molar-refractivity contribution in [1.82, 2.24) is 0 Å². The highest BCUT2D eigenvalue weighted by molar-refractivity contribution is 5.36. The summed E-state index contributed by atoms with van der Waals surface area (Å²) in [5.41, 5.74) is 0.380. The molecular weight excluding hydrogens is 252 g/mol. The lowest BCUT2D eigenvalue weighted by Gasteiger charge is -2.38. The molecule has 0 amide bonds. The van der Waals surface area contributed by atoms with Crippen molar-refractivity contribution in [3.05, 3.63) is 29.8 Å². The fourth-order valence-corrected chi connectivity index (χ4v) is 3.29. The first-order valence-corrected chi connectivity index (χ1v) is 7.68. The molecule has 1 aliphatic rings. The van der Waals surface area contributed by atoms with Crippen LogP contribution in [0.15, 0.2) is 24.3 Å². The van der Waals surface area contributed by atoms with E-state index >= 15 is 0 Å². The Hall–Kier alpha value is -1.06. The summed E-state index contributed by atoms with van der Waals surface area (Å²) in [7, 11) is 1.64. The minimum atomic E-state index is -0.628. The van der Waals surface area contributed by atoms with Crippen molar-refractivity contribution in [2.75, 3.05) is 13.7 Å². The maximum Gasteiger partial charge on any atom is 0.124 e. The molecule has 0 heterocycles. The van der Waals surface area contributed by atoms with Crippen molar-refractivity contribution in [3.63, 3.8) is 0 Å². The van der Waals surface area contributed by atoms with Crippen LogP contribution >= 0.6 is 0 Å². The molecule has 1 unspecified atom stereocenters. The third-order valence-corrected chi connectivity index (χ3v) is 4.31. The largest absolute Gasteiger partial charge is 0.496 e. The normalized spacial score (nSPS) is 20.1. The summed E-state index contributed by atoms with van der Waals surface area (Å²) in [6.45, 7) is 2.63. The predicted molar refractivity (Wildman–Crippen MR) is 80.0 cm³/mol. The van der Waals surface area contributed by atoms with Gasteiger partial charge in [-0.3, -0.25) is 0 Å². The van der Waals surface area contributed by atoms with E-state index in [1.54, 1.807) is 7.11 Å². The number of hydrogen-bond donors (Lipinski definition) is 1. The smallest absolute Gasteiger partial charge is 0.124 e. The highest BCUT2D eigenvalue weighted by Crippen LogP contribution is 2.42. The molecule has 1 aromatic carbocycles.